The van der Waals surface area contributed by atoms with Crippen molar-refractivity contribution in [1.29, 1.82) is 0 Å². The summed E-state index contributed by atoms with van der Waals surface area (Å²) in [6, 6.07) is 3.74. The Labute approximate surface area is 209 Å². The molecule has 1 aromatic heterocycles. The highest BCUT2D eigenvalue weighted by molar-refractivity contribution is 6.32. The van der Waals surface area contributed by atoms with E-state index < -0.39 is 0 Å². The van der Waals surface area contributed by atoms with Crippen molar-refractivity contribution in [1.82, 2.24) is 9.97 Å². The van der Waals surface area contributed by atoms with Crippen LogP contribution in [0.3, 0.4) is 0 Å². The monoisotopic (exact) mass is 498 g/mol. The van der Waals surface area contributed by atoms with Crippen molar-refractivity contribution in [3.8, 4) is 5.75 Å². The standard InChI is InChI=1S/C25H31ClN6O3/c1-3-32(18-10-9-17-15(22(18)35-2)5-4-6-19(33)29-17)25-28-12-16(26)24(31-25)30-21-14-8-7-13(11-14)20(21)23(27)34/h9-10,12-14,20-21H,3-8,11H2,1-2H3,(H2,27,34)(H,29,33)(H,28,30,31). The van der Waals surface area contributed by atoms with Gasteiger partial charge in [-0.15, -0.1) is 0 Å². The lowest BCUT2D eigenvalue weighted by Crippen LogP contribution is -2.42. The van der Waals surface area contributed by atoms with E-state index in [1.165, 1.54) is 0 Å². The van der Waals surface area contributed by atoms with Crippen molar-refractivity contribution in [2.75, 3.05) is 29.2 Å². The van der Waals surface area contributed by atoms with Gasteiger partial charge in [0.05, 0.1) is 24.9 Å². The number of ether oxygens (including phenoxy) is 1. The minimum absolute atomic E-state index is 0.0116. The molecule has 1 aromatic carbocycles. The first-order valence-electron chi connectivity index (χ1n) is 12.3. The zero-order valence-corrected chi connectivity index (χ0v) is 20.8. The summed E-state index contributed by atoms with van der Waals surface area (Å²) < 4.78 is 5.83. The molecular weight excluding hydrogens is 468 g/mol. The molecule has 4 atom stereocenters. The van der Waals surface area contributed by atoms with E-state index in [-0.39, 0.29) is 23.8 Å². The molecule has 3 aliphatic rings. The predicted octanol–water partition coefficient (Wildman–Crippen LogP) is 3.88. The lowest BCUT2D eigenvalue weighted by Gasteiger charge is -2.31. The first-order chi connectivity index (χ1) is 16.9. The number of amides is 2. The third-order valence-corrected chi connectivity index (χ3v) is 7.95. The van der Waals surface area contributed by atoms with Crippen LogP contribution >= 0.6 is 11.6 Å². The van der Waals surface area contributed by atoms with Gasteiger partial charge < -0.3 is 26.0 Å². The second-order valence-electron chi connectivity index (χ2n) is 9.59. The maximum Gasteiger partial charge on any atom is 0.232 e. The molecule has 35 heavy (non-hydrogen) atoms. The van der Waals surface area contributed by atoms with E-state index >= 15 is 0 Å². The van der Waals surface area contributed by atoms with Gasteiger partial charge >= 0.3 is 0 Å². The minimum Gasteiger partial charge on any atom is -0.494 e. The van der Waals surface area contributed by atoms with Crippen LogP contribution in [0.4, 0.5) is 23.1 Å². The van der Waals surface area contributed by atoms with Gasteiger partial charge in [-0.3, -0.25) is 9.59 Å². The van der Waals surface area contributed by atoms with E-state index in [1.54, 1.807) is 13.3 Å². The molecule has 0 saturated heterocycles. The Morgan fingerprint density at radius 1 is 1.31 bits per heavy atom. The largest absolute Gasteiger partial charge is 0.494 e. The first kappa shape index (κ1) is 23.7. The highest BCUT2D eigenvalue weighted by atomic mass is 35.5. The van der Waals surface area contributed by atoms with Crippen molar-refractivity contribution in [3.63, 3.8) is 0 Å². The summed E-state index contributed by atoms with van der Waals surface area (Å²) in [7, 11) is 1.63. The van der Waals surface area contributed by atoms with Crippen LogP contribution in [0.1, 0.15) is 44.6 Å². The maximum atomic E-state index is 12.2. The summed E-state index contributed by atoms with van der Waals surface area (Å²) in [5.41, 5.74) is 8.31. The fraction of sp³-hybridized carbons (Fsp3) is 0.520. The number of carbonyl (C=O) groups excluding carboxylic acids is 2. The number of rotatable bonds is 7. The van der Waals surface area contributed by atoms with Gasteiger partial charge in [-0.1, -0.05) is 11.6 Å². The Kier molecular flexibility index (Phi) is 6.44. The lowest BCUT2D eigenvalue weighted by atomic mass is 9.84. The maximum absolute atomic E-state index is 12.2. The Hall–Kier alpha value is -3.07. The molecule has 2 fully saturated rings. The number of halogens is 1. The average Bonchev–Trinajstić information content (AvgIpc) is 3.38. The molecule has 10 heteroatoms. The number of carbonyl (C=O) groups is 2. The molecule has 0 spiro atoms. The molecule has 2 aliphatic carbocycles. The van der Waals surface area contributed by atoms with Crippen molar-refractivity contribution in [3.05, 3.63) is 28.9 Å². The second-order valence-corrected chi connectivity index (χ2v) is 10.00. The highest BCUT2D eigenvalue weighted by Crippen LogP contribution is 2.50. The Morgan fingerprint density at radius 2 is 2.11 bits per heavy atom. The number of fused-ring (bicyclic) bond motifs is 3. The van der Waals surface area contributed by atoms with Crippen molar-refractivity contribution in [2.24, 2.45) is 23.5 Å². The molecular formula is C25H31ClN6O3. The van der Waals surface area contributed by atoms with Crippen LogP contribution in [-0.4, -0.2) is 41.5 Å². The van der Waals surface area contributed by atoms with E-state index in [4.69, 9.17) is 27.1 Å². The van der Waals surface area contributed by atoms with Crippen LogP contribution < -0.4 is 26.0 Å². The van der Waals surface area contributed by atoms with E-state index in [9.17, 15) is 9.59 Å². The van der Waals surface area contributed by atoms with Crippen molar-refractivity contribution in [2.45, 2.75) is 51.5 Å². The first-order valence-corrected chi connectivity index (χ1v) is 12.6. The Bertz CT molecular complexity index is 1160. The average molecular weight is 499 g/mol. The number of hydrogen-bond donors (Lipinski definition) is 3. The van der Waals surface area contributed by atoms with Gasteiger partial charge in [0.2, 0.25) is 17.8 Å². The number of nitrogens with two attached hydrogens (primary N) is 1. The van der Waals surface area contributed by atoms with Crippen LogP contribution in [0, 0.1) is 17.8 Å². The van der Waals surface area contributed by atoms with Gasteiger partial charge in [-0.25, -0.2) is 4.98 Å². The number of anilines is 4. The zero-order chi connectivity index (χ0) is 24.7. The van der Waals surface area contributed by atoms with Crippen LogP contribution in [0.5, 0.6) is 5.75 Å². The van der Waals surface area contributed by atoms with Crippen molar-refractivity contribution < 1.29 is 14.3 Å². The van der Waals surface area contributed by atoms with Crippen LogP contribution in [-0.2, 0) is 16.0 Å². The third kappa shape index (κ3) is 4.26. The summed E-state index contributed by atoms with van der Waals surface area (Å²) in [6.07, 6.45) is 6.67. The smallest absolute Gasteiger partial charge is 0.232 e. The van der Waals surface area contributed by atoms with Gasteiger partial charge in [-0.05, 0) is 63.0 Å². The van der Waals surface area contributed by atoms with E-state index in [1.807, 2.05) is 24.0 Å². The summed E-state index contributed by atoms with van der Waals surface area (Å²) in [6.45, 7) is 2.59. The van der Waals surface area contributed by atoms with Crippen LogP contribution in [0.2, 0.25) is 5.02 Å². The number of primary amides is 1. The molecule has 1 aliphatic heterocycles. The van der Waals surface area contributed by atoms with E-state index in [2.05, 4.69) is 15.6 Å². The molecule has 0 radical (unpaired) electrons. The SMILES string of the molecule is CCN(c1ncc(Cl)c(NC2C3CCC(C3)C2C(N)=O)n1)c1ccc2c(c1OC)CCCC(=O)N2. The lowest BCUT2D eigenvalue weighted by molar-refractivity contribution is -0.123. The molecule has 2 bridgehead atoms. The van der Waals surface area contributed by atoms with E-state index in [0.717, 1.165) is 49.0 Å². The second kappa shape index (κ2) is 9.53. The molecule has 2 heterocycles. The number of benzene rings is 1. The Balaban J connectivity index is 1.48. The number of nitrogens with one attached hydrogen (secondary N) is 2. The Morgan fingerprint density at radius 3 is 2.86 bits per heavy atom. The molecule has 5 rings (SSSR count). The van der Waals surface area contributed by atoms with Gasteiger partial charge in [0.25, 0.3) is 0 Å². The number of nitrogens with zero attached hydrogens (tertiary/aromatic N) is 3. The fourth-order valence-electron chi connectivity index (χ4n) is 6.13. The van der Waals surface area contributed by atoms with Gasteiger partial charge in [0.1, 0.15) is 10.8 Å². The third-order valence-electron chi connectivity index (χ3n) is 7.68. The summed E-state index contributed by atoms with van der Waals surface area (Å²) in [5, 5.41) is 6.81. The molecule has 2 amide bonds. The number of aromatic nitrogens is 2. The summed E-state index contributed by atoms with van der Waals surface area (Å²) >= 11 is 6.50. The molecule has 2 saturated carbocycles. The highest BCUT2D eigenvalue weighted by Gasteiger charge is 2.50. The van der Waals surface area contributed by atoms with Crippen LogP contribution in [0.25, 0.3) is 0 Å². The van der Waals surface area contributed by atoms with Gasteiger partial charge in [0.15, 0.2) is 5.82 Å². The number of methoxy groups -OCH3 is 1. The summed E-state index contributed by atoms with van der Waals surface area (Å²) in [5.74, 6) is 1.90. The molecule has 9 nitrogen and oxygen atoms in total. The topological polar surface area (TPSA) is 122 Å². The molecule has 2 aromatic rings. The van der Waals surface area contributed by atoms with Crippen LogP contribution in [0.15, 0.2) is 18.3 Å². The molecule has 4 unspecified atom stereocenters. The van der Waals surface area contributed by atoms with E-state index in [0.29, 0.717) is 47.3 Å². The predicted molar refractivity (Wildman–Crippen MR) is 135 cm³/mol. The summed E-state index contributed by atoms with van der Waals surface area (Å²) in [4.78, 5) is 35.5. The fourth-order valence-corrected chi connectivity index (χ4v) is 6.28. The zero-order valence-electron chi connectivity index (χ0n) is 20.0. The quantitative estimate of drug-likeness (QED) is 0.529. The molecule has 186 valence electrons. The van der Waals surface area contributed by atoms with Gasteiger partial charge in [0, 0.05) is 30.3 Å². The van der Waals surface area contributed by atoms with Crippen molar-refractivity contribution >= 4 is 46.6 Å². The van der Waals surface area contributed by atoms with Gasteiger partial charge in [-0.2, -0.15) is 4.98 Å². The molecule has 4 N–H and O–H groups in total. The minimum atomic E-state index is -0.267. The normalized spacial score (nSPS) is 24.9. The number of hydrogen-bond acceptors (Lipinski definition) is 7.